The van der Waals surface area contributed by atoms with Gasteiger partial charge in [-0.25, -0.2) is 4.98 Å². The van der Waals surface area contributed by atoms with Crippen LogP contribution in [0.3, 0.4) is 0 Å². The molecule has 4 heteroatoms. The molecular formula is C17H23N3O. The molecule has 0 saturated carbocycles. The number of hydrogen-bond acceptors (Lipinski definition) is 4. The van der Waals surface area contributed by atoms with Crippen molar-refractivity contribution in [3.05, 3.63) is 47.8 Å². The molecule has 21 heavy (non-hydrogen) atoms. The van der Waals surface area contributed by atoms with Crippen molar-refractivity contribution in [2.75, 3.05) is 12.4 Å². The lowest BCUT2D eigenvalue weighted by Gasteiger charge is -2.20. The number of rotatable bonds is 4. The van der Waals surface area contributed by atoms with Gasteiger partial charge in [0.25, 0.3) is 0 Å². The second-order valence-corrected chi connectivity index (χ2v) is 6.15. The number of nitrogens with one attached hydrogen (secondary N) is 1. The molecule has 1 unspecified atom stereocenters. The predicted molar refractivity (Wildman–Crippen MR) is 85.8 cm³/mol. The number of benzene rings is 1. The van der Waals surface area contributed by atoms with E-state index in [2.05, 4.69) is 55.1 Å². The monoisotopic (exact) mass is 285 g/mol. The Hall–Kier alpha value is -2.10. The first-order valence-electron chi connectivity index (χ1n) is 7.15. The quantitative estimate of drug-likeness (QED) is 0.923. The summed E-state index contributed by atoms with van der Waals surface area (Å²) in [5.74, 6) is 2.13. The van der Waals surface area contributed by atoms with Crippen LogP contribution >= 0.6 is 0 Å². The highest BCUT2D eigenvalue weighted by molar-refractivity contribution is 5.42. The number of hydrogen-bond donors (Lipinski definition) is 1. The molecule has 4 nitrogen and oxygen atoms in total. The lowest BCUT2D eigenvalue weighted by Crippen LogP contribution is -2.18. The second-order valence-electron chi connectivity index (χ2n) is 6.15. The van der Waals surface area contributed by atoms with Crippen molar-refractivity contribution in [3.8, 4) is 5.88 Å². The Morgan fingerprint density at radius 1 is 1.10 bits per heavy atom. The van der Waals surface area contributed by atoms with E-state index in [0.29, 0.717) is 5.88 Å². The SMILES string of the molecule is COc1cc(NC(C)c2ccccc2)nc(C(C)(C)C)n1. The van der Waals surface area contributed by atoms with Crippen molar-refractivity contribution in [3.63, 3.8) is 0 Å². The second kappa shape index (κ2) is 6.12. The van der Waals surface area contributed by atoms with Crippen molar-refractivity contribution in [2.24, 2.45) is 0 Å². The van der Waals surface area contributed by atoms with Crippen molar-refractivity contribution >= 4 is 5.82 Å². The Morgan fingerprint density at radius 2 is 1.76 bits per heavy atom. The largest absolute Gasteiger partial charge is 0.481 e. The number of anilines is 1. The van der Waals surface area contributed by atoms with E-state index in [0.717, 1.165) is 11.6 Å². The standard InChI is InChI=1S/C17H23N3O/c1-12(13-9-7-6-8-10-13)18-14-11-15(21-5)20-16(19-14)17(2,3)4/h6-12H,1-5H3,(H,18,19,20). The fourth-order valence-corrected chi connectivity index (χ4v) is 1.99. The average Bonchev–Trinajstić information content (AvgIpc) is 2.46. The van der Waals surface area contributed by atoms with Crippen molar-refractivity contribution in [1.82, 2.24) is 9.97 Å². The van der Waals surface area contributed by atoms with Gasteiger partial charge in [-0.2, -0.15) is 4.98 Å². The number of aromatic nitrogens is 2. The van der Waals surface area contributed by atoms with Crippen LogP contribution in [-0.4, -0.2) is 17.1 Å². The van der Waals surface area contributed by atoms with Gasteiger partial charge in [0.2, 0.25) is 5.88 Å². The summed E-state index contributed by atoms with van der Waals surface area (Å²) >= 11 is 0. The summed E-state index contributed by atoms with van der Waals surface area (Å²) in [6, 6.07) is 12.3. The molecule has 0 aliphatic heterocycles. The van der Waals surface area contributed by atoms with Gasteiger partial charge >= 0.3 is 0 Å². The van der Waals surface area contributed by atoms with Crippen LogP contribution in [0.1, 0.15) is 45.1 Å². The molecule has 0 saturated heterocycles. The van der Waals surface area contributed by atoms with Crippen molar-refractivity contribution in [1.29, 1.82) is 0 Å². The molecular weight excluding hydrogens is 262 g/mol. The Labute approximate surface area is 126 Å². The minimum atomic E-state index is -0.124. The Kier molecular flexibility index (Phi) is 4.46. The molecule has 2 aromatic rings. The maximum Gasteiger partial charge on any atom is 0.218 e. The van der Waals surface area contributed by atoms with Crippen LogP contribution in [0.5, 0.6) is 5.88 Å². The lowest BCUT2D eigenvalue weighted by atomic mass is 9.96. The third kappa shape index (κ3) is 3.94. The Balaban J connectivity index is 2.27. The molecule has 112 valence electrons. The third-order valence-corrected chi connectivity index (χ3v) is 3.25. The molecule has 1 heterocycles. The molecule has 1 atom stereocenters. The molecule has 0 aliphatic carbocycles. The summed E-state index contributed by atoms with van der Waals surface area (Å²) in [6.07, 6.45) is 0. The normalized spacial score (nSPS) is 12.8. The highest BCUT2D eigenvalue weighted by atomic mass is 16.5. The van der Waals surface area contributed by atoms with Gasteiger partial charge in [-0.1, -0.05) is 51.1 Å². The molecule has 1 N–H and O–H groups in total. The maximum absolute atomic E-state index is 5.29. The van der Waals surface area contributed by atoms with Crippen molar-refractivity contribution in [2.45, 2.75) is 39.2 Å². The molecule has 1 aromatic heterocycles. The molecule has 0 spiro atoms. The summed E-state index contributed by atoms with van der Waals surface area (Å²) in [5, 5.41) is 3.41. The summed E-state index contributed by atoms with van der Waals surface area (Å²) in [7, 11) is 1.62. The minimum absolute atomic E-state index is 0.124. The first-order chi connectivity index (χ1) is 9.90. The molecule has 0 fully saturated rings. The first kappa shape index (κ1) is 15.3. The van der Waals surface area contributed by atoms with E-state index in [-0.39, 0.29) is 11.5 Å². The summed E-state index contributed by atoms with van der Waals surface area (Å²) in [4.78, 5) is 9.05. The van der Waals surface area contributed by atoms with E-state index >= 15 is 0 Å². The Bertz CT molecular complexity index is 591. The molecule has 1 aromatic carbocycles. The molecule has 2 rings (SSSR count). The topological polar surface area (TPSA) is 47.0 Å². The van der Waals surface area contributed by atoms with Gasteiger partial charge in [0.05, 0.1) is 7.11 Å². The highest BCUT2D eigenvalue weighted by Gasteiger charge is 2.20. The number of ether oxygens (including phenoxy) is 1. The number of methoxy groups -OCH3 is 1. The van der Waals surface area contributed by atoms with Gasteiger partial charge in [-0.15, -0.1) is 0 Å². The highest BCUT2D eigenvalue weighted by Crippen LogP contribution is 2.25. The first-order valence-corrected chi connectivity index (χ1v) is 7.15. The average molecular weight is 285 g/mol. The zero-order valence-corrected chi connectivity index (χ0v) is 13.3. The van der Waals surface area contributed by atoms with Crippen LogP contribution in [-0.2, 0) is 5.41 Å². The van der Waals surface area contributed by atoms with Crippen LogP contribution in [0.15, 0.2) is 36.4 Å². The van der Waals surface area contributed by atoms with Gasteiger partial charge in [0.15, 0.2) is 0 Å². The van der Waals surface area contributed by atoms with E-state index in [1.54, 1.807) is 7.11 Å². The minimum Gasteiger partial charge on any atom is -0.481 e. The van der Waals surface area contributed by atoms with E-state index in [9.17, 15) is 0 Å². The van der Waals surface area contributed by atoms with Crippen LogP contribution in [0.4, 0.5) is 5.82 Å². The van der Waals surface area contributed by atoms with Gasteiger partial charge < -0.3 is 10.1 Å². The molecule has 0 aliphatic rings. The zero-order valence-electron chi connectivity index (χ0n) is 13.3. The third-order valence-electron chi connectivity index (χ3n) is 3.25. The van der Waals surface area contributed by atoms with Gasteiger partial charge in [0, 0.05) is 17.5 Å². The maximum atomic E-state index is 5.29. The van der Waals surface area contributed by atoms with Gasteiger partial charge in [-0.3, -0.25) is 0 Å². The lowest BCUT2D eigenvalue weighted by molar-refractivity contribution is 0.389. The zero-order chi connectivity index (χ0) is 15.5. The fourth-order valence-electron chi connectivity index (χ4n) is 1.99. The van der Waals surface area contributed by atoms with E-state index < -0.39 is 0 Å². The molecule has 0 radical (unpaired) electrons. The summed E-state index contributed by atoms with van der Waals surface area (Å²) in [5.41, 5.74) is 1.09. The predicted octanol–water partition coefficient (Wildman–Crippen LogP) is 3.96. The Morgan fingerprint density at radius 3 is 2.33 bits per heavy atom. The smallest absolute Gasteiger partial charge is 0.218 e. The summed E-state index contributed by atoms with van der Waals surface area (Å²) in [6.45, 7) is 8.38. The van der Waals surface area contributed by atoms with E-state index in [4.69, 9.17) is 4.74 Å². The van der Waals surface area contributed by atoms with Crippen LogP contribution in [0.25, 0.3) is 0 Å². The van der Waals surface area contributed by atoms with Gasteiger partial charge in [-0.05, 0) is 12.5 Å². The van der Waals surface area contributed by atoms with Crippen LogP contribution in [0, 0.1) is 0 Å². The number of nitrogens with zero attached hydrogens (tertiary/aromatic N) is 2. The van der Waals surface area contributed by atoms with Crippen LogP contribution in [0.2, 0.25) is 0 Å². The van der Waals surface area contributed by atoms with E-state index in [1.165, 1.54) is 5.56 Å². The molecule has 0 amide bonds. The fraction of sp³-hybridized carbons (Fsp3) is 0.412. The van der Waals surface area contributed by atoms with Crippen LogP contribution < -0.4 is 10.1 Å². The van der Waals surface area contributed by atoms with E-state index in [1.807, 2.05) is 24.3 Å². The van der Waals surface area contributed by atoms with Crippen molar-refractivity contribution < 1.29 is 4.74 Å². The summed E-state index contributed by atoms with van der Waals surface area (Å²) < 4.78 is 5.29. The van der Waals surface area contributed by atoms with Gasteiger partial charge in [0.1, 0.15) is 11.6 Å². The molecule has 0 bridgehead atoms.